The lowest BCUT2D eigenvalue weighted by atomic mass is 10.0. The number of hydrogen-bond acceptors (Lipinski definition) is 2. The van der Waals surface area contributed by atoms with Crippen molar-refractivity contribution in [1.82, 2.24) is 5.32 Å². The molecular weight excluding hydrogens is 256 g/mol. The molecule has 3 N–H and O–H groups in total. The SMILES string of the molecule is CCCC(NC(=O)c1ccc(C(C)C)cc1)C(N)=S. The van der Waals surface area contributed by atoms with Gasteiger partial charge in [0.2, 0.25) is 0 Å². The number of rotatable bonds is 6. The maximum Gasteiger partial charge on any atom is 0.251 e. The minimum Gasteiger partial charge on any atom is -0.392 e. The van der Waals surface area contributed by atoms with E-state index in [9.17, 15) is 4.79 Å². The van der Waals surface area contributed by atoms with Crippen molar-refractivity contribution in [1.29, 1.82) is 0 Å². The van der Waals surface area contributed by atoms with E-state index in [-0.39, 0.29) is 11.9 Å². The fraction of sp³-hybridized carbons (Fsp3) is 0.467. The number of nitrogens with one attached hydrogen (secondary N) is 1. The van der Waals surface area contributed by atoms with Crippen LogP contribution in [-0.4, -0.2) is 16.9 Å². The summed E-state index contributed by atoms with van der Waals surface area (Å²) in [5.41, 5.74) is 7.49. The molecule has 0 aliphatic carbocycles. The summed E-state index contributed by atoms with van der Waals surface area (Å²) in [6.45, 7) is 6.29. The molecule has 0 fully saturated rings. The van der Waals surface area contributed by atoms with Crippen LogP contribution < -0.4 is 11.1 Å². The van der Waals surface area contributed by atoms with Crippen molar-refractivity contribution in [3.8, 4) is 0 Å². The predicted octanol–water partition coefficient (Wildman–Crippen LogP) is 2.99. The third kappa shape index (κ3) is 4.63. The molecule has 1 aromatic rings. The van der Waals surface area contributed by atoms with Crippen molar-refractivity contribution in [2.45, 2.75) is 45.6 Å². The minimum absolute atomic E-state index is 0.124. The fourth-order valence-corrected chi connectivity index (χ4v) is 2.01. The molecular formula is C15H22N2OS. The molecule has 0 bridgehead atoms. The molecule has 1 rings (SSSR count). The van der Waals surface area contributed by atoms with Crippen LogP contribution in [0.5, 0.6) is 0 Å². The van der Waals surface area contributed by atoms with E-state index in [2.05, 4.69) is 19.2 Å². The number of thiocarbonyl (C=S) groups is 1. The second-order valence-electron chi connectivity index (χ2n) is 4.99. The van der Waals surface area contributed by atoms with E-state index in [1.807, 2.05) is 31.2 Å². The summed E-state index contributed by atoms with van der Waals surface area (Å²) >= 11 is 4.97. The first-order chi connectivity index (χ1) is 8.95. The largest absolute Gasteiger partial charge is 0.392 e. The second-order valence-corrected chi connectivity index (χ2v) is 5.47. The highest BCUT2D eigenvalue weighted by molar-refractivity contribution is 7.80. The number of carbonyl (C=O) groups is 1. The Labute approximate surface area is 120 Å². The Morgan fingerprint density at radius 3 is 2.32 bits per heavy atom. The summed E-state index contributed by atoms with van der Waals surface area (Å²) in [5.74, 6) is 0.336. The molecule has 1 aromatic carbocycles. The standard InChI is InChI=1S/C15H22N2OS/c1-4-5-13(14(16)19)17-15(18)12-8-6-11(7-9-12)10(2)3/h6-10,13H,4-5H2,1-3H3,(H2,16,19)(H,17,18). The molecule has 0 radical (unpaired) electrons. The molecule has 1 atom stereocenters. The molecule has 1 amide bonds. The van der Waals surface area contributed by atoms with Gasteiger partial charge in [-0.15, -0.1) is 0 Å². The zero-order chi connectivity index (χ0) is 14.4. The van der Waals surface area contributed by atoms with E-state index in [4.69, 9.17) is 18.0 Å². The van der Waals surface area contributed by atoms with E-state index in [1.54, 1.807) is 0 Å². The molecule has 0 aromatic heterocycles. The smallest absolute Gasteiger partial charge is 0.251 e. The Morgan fingerprint density at radius 1 is 1.32 bits per heavy atom. The molecule has 0 saturated carbocycles. The third-order valence-corrected chi connectivity index (χ3v) is 3.35. The maximum atomic E-state index is 12.1. The van der Waals surface area contributed by atoms with Crippen LogP contribution in [0.15, 0.2) is 24.3 Å². The zero-order valence-electron chi connectivity index (χ0n) is 11.8. The van der Waals surface area contributed by atoms with Crippen molar-refractivity contribution >= 4 is 23.1 Å². The lowest BCUT2D eigenvalue weighted by molar-refractivity contribution is 0.0945. The van der Waals surface area contributed by atoms with Gasteiger partial charge in [-0.2, -0.15) is 0 Å². The van der Waals surface area contributed by atoms with Gasteiger partial charge in [0.1, 0.15) is 0 Å². The van der Waals surface area contributed by atoms with Crippen LogP contribution in [0.3, 0.4) is 0 Å². The average Bonchev–Trinajstić information content (AvgIpc) is 2.38. The Morgan fingerprint density at radius 2 is 1.89 bits per heavy atom. The molecule has 0 spiro atoms. The second kappa shape index (κ2) is 7.24. The monoisotopic (exact) mass is 278 g/mol. The van der Waals surface area contributed by atoms with Gasteiger partial charge < -0.3 is 11.1 Å². The molecule has 104 valence electrons. The zero-order valence-corrected chi connectivity index (χ0v) is 12.6. The Kier molecular flexibility index (Phi) is 5.96. The van der Waals surface area contributed by atoms with E-state index < -0.39 is 0 Å². The van der Waals surface area contributed by atoms with Gasteiger partial charge in [0.15, 0.2) is 0 Å². The topological polar surface area (TPSA) is 55.1 Å². The molecule has 19 heavy (non-hydrogen) atoms. The highest BCUT2D eigenvalue weighted by Gasteiger charge is 2.15. The van der Waals surface area contributed by atoms with Gasteiger partial charge in [-0.25, -0.2) is 0 Å². The molecule has 4 heteroatoms. The summed E-state index contributed by atoms with van der Waals surface area (Å²) in [5, 5.41) is 2.88. The van der Waals surface area contributed by atoms with E-state index in [0.29, 0.717) is 16.5 Å². The molecule has 3 nitrogen and oxygen atoms in total. The molecule has 0 aliphatic heterocycles. The molecule has 0 heterocycles. The van der Waals surface area contributed by atoms with Gasteiger partial charge in [-0.3, -0.25) is 4.79 Å². The van der Waals surface area contributed by atoms with Crippen molar-refractivity contribution in [2.24, 2.45) is 5.73 Å². The predicted molar refractivity (Wildman–Crippen MR) is 83.5 cm³/mol. The maximum absolute atomic E-state index is 12.1. The van der Waals surface area contributed by atoms with E-state index in [0.717, 1.165) is 12.8 Å². The Balaban J connectivity index is 2.74. The van der Waals surface area contributed by atoms with Crippen LogP contribution >= 0.6 is 12.2 Å². The highest BCUT2D eigenvalue weighted by Crippen LogP contribution is 2.14. The first-order valence-corrected chi connectivity index (χ1v) is 7.06. The minimum atomic E-state index is -0.225. The normalized spacial score (nSPS) is 12.2. The average molecular weight is 278 g/mol. The highest BCUT2D eigenvalue weighted by atomic mass is 32.1. The van der Waals surface area contributed by atoms with Crippen molar-refractivity contribution < 1.29 is 4.79 Å². The van der Waals surface area contributed by atoms with Gasteiger partial charge >= 0.3 is 0 Å². The van der Waals surface area contributed by atoms with Crippen molar-refractivity contribution in [3.05, 3.63) is 35.4 Å². The lowest BCUT2D eigenvalue weighted by Crippen LogP contribution is -2.43. The van der Waals surface area contributed by atoms with Crippen LogP contribution in [0, 0.1) is 0 Å². The molecule has 0 aliphatic rings. The van der Waals surface area contributed by atoms with Gasteiger partial charge in [0.25, 0.3) is 5.91 Å². The fourth-order valence-electron chi connectivity index (χ4n) is 1.84. The lowest BCUT2D eigenvalue weighted by Gasteiger charge is -2.16. The quantitative estimate of drug-likeness (QED) is 0.787. The van der Waals surface area contributed by atoms with E-state index >= 15 is 0 Å². The van der Waals surface area contributed by atoms with E-state index in [1.165, 1.54) is 5.56 Å². The van der Waals surface area contributed by atoms with Crippen LogP contribution in [0.25, 0.3) is 0 Å². The summed E-state index contributed by atoms with van der Waals surface area (Å²) in [4.78, 5) is 12.4. The summed E-state index contributed by atoms with van der Waals surface area (Å²) in [7, 11) is 0. The van der Waals surface area contributed by atoms with Gasteiger partial charge in [-0.05, 0) is 30.0 Å². The van der Waals surface area contributed by atoms with Crippen molar-refractivity contribution in [2.75, 3.05) is 0 Å². The number of benzene rings is 1. The van der Waals surface area contributed by atoms with Crippen LogP contribution in [0.4, 0.5) is 0 Å². The summed E-state index contributed by atoms with van der Waals surface area (Å²) in [6, 6.07) is 7.42. The Hall–Kier alpha value is -1.42. The van der Waals surface area contributed by atoms with Crippen molar-refractivity contribution in [3.63, 3.8) is 0 Å². The first-order valence-electron chi connectivity index (χ1n) is 6.65. The summed E-state index contributed by atoms with van der Waals surface area (Å²) in [6.07, 6.45) is 1.69. The number of nitrogens with two attached hydrogens (primary N) is 1. The summed E-state index contributed by atoms with van der Waals surface area (Å²) < 4.78 is 0. The molecule has 1 unspecified atom stereocenters. The van der Waals surface area contributed by atoms with Gasteiger partial charge in [-0.1, -0.05) is 51.5 Å². The first kappa shape index (κ1) is 15.6. The Bertz CT molecular complexity index is 440. The van der Waals surface area contributed by atoms with Crippen LogP contribution in [0.2, 0.25) is 0 Å². The number of hydrogen-bond donors (Lipinski definition) is 2. The number of carbonyl (C=O) groups excluding carboxylic acids is 1. The van der Waals surface area contributed by atoms with Gasteiger partial charge in [0.05, 0.1) is 11.0 Å². The van der Waals surface area contributed by atoms with Gasteiger partial charge in [0, 0.05) is 5.56 Å². The van der Waals surface area contributed by atoms with Crippen LogP contribution in [0.1, 0.15) is 55.5 Å². The third-order valence-electron chi connectivity index (χ3n) is 3.07. The van der Waals surface area contributed by atoms with Crippen LogP contribution in [-0.2, 0) is 0 Å². The molecule has 0 saturated heterocycles. The number of amides is 1.